The molecule has 0 saturated heterocycles. The number of nitrogen functional groups attached to an aromatic ring is 1. The second kappa shape index (κ2) is 5.38. The van der Waals surface area contributed by atoms with Gasteiger partial charge in [-0.1, -0.05) is 18.2 Å². The van der Waals surface area contributed by atoms with Crippen LogP contribution in [0.2, 0.25) is 0 Å². The molecule has 4 N–H and O–H groups in total. The van der Waals surface area contributed by atoms with Gasteiger partial charge in [-0.3, -0.25) is 4.72 Å². The van der Waals surface area contributed by atoms with E-state index in [2.05, 4.69) is 29.1 Å². The SMILES string of the molecule is CC1(NSc2ccc(N)c(Nc3ccccc3)c2)CC1. The van der Waals surface area contributed by atoms with Gasteiger partial charge in [0.25, 0.3) is 0 Å². The molecule has 0 atom stereocenters. The fraction of sp³-hybridized carbons (Fsp3) is 0.250. The predicted molar refractivity (Wildman–Crippen MR) is 87.2 cm³/mol. The van der Waals surface area contributed by atoms with Crippen molar-refractivity contribution in [3.05, 3.63) is 48.5 Å². The third kappa shape index (κ3) is 3.26. The topological polar surface area (TPSA) is 50.1 Å². The second-order valence-electron chi connectivity index (χ2n) is 5.50. The summed E-state index contributed by atoms with van der Waals surface area (Å²) in [6, 6.07) is 16.2. The van der Waals surface area contributed by atoms with Gasteiger partial charge in [0.05, 0.1) is 11.4 Å². The molecule has 2 aromatic rings. The smallest absolute Gasteiger partial charge is 0.0629 e. The largest absolute Gasteiger partial charge is 0.397 e. The van der Waals surface area contributed by atoms with Crippen LogP contribution in [0.25, 0.3) is 0 Å². The standard InChI is InChI=1S/C16H19N3S/c1-16(9-10-16)19-20-13-7-8-14(17)15(11-13)18-12-5-3-2-4-6-12/h2-8,11,18-19H,9-10,17H2,1H3. The van der Waals surface area contributed by atoms with Crippen LogP contribution in [0.4, 0.5) is 17.1 Å². The fourth-order valence-corrected chi connectivity index (χ4v) is 2.74. The first-order chi connectivity index (χ1) is 9.65. The highest BCUT2D eigenvalue weighted by atomic mass is 32.2. The molecule has 1 saturated carbocycles. The van der Waals surface area contributed by atoms with E-state index in [1.165, 1.54) is 17.7 Å². The molecular formula is C16H19N3S. The lowest BCUT2D eigenvalue weighted by atomic mass is 10.2. The molecule has 1 fully saturated rings. The van der Waals surface area contributed by atoms with Gasteiger partial charge in [0, 0.05) is 16.1 Å². The van der Waals surface area contributed by atoms with Crippen LogP contribution >= 0.6 is 11.9 Å². The average Bonchev–Trinajstić information content (AvgIpc) is 3.19. The Labute approximate surface area is 124 Å². The van der Waals surface area contributed by atoms with Crippen LogP contribution in [0.3, 0.4) is 0 Å². The van der Waals surface area contributed by atoms with Crippen LogP contribution in [0, 0.1) is 0 Å². The van der Waals surface area contributed by atoms with E-state index in [-0.39, 0.29) is 0 Å². The summed E-state index contributed by atoms with van der Waals surface area (Å²) in [5.41, 5.74) is 9.11. The molecule has 0 radical (unpaired) electrons. The second-order valence-corrected chi connectivity index (χ2v) is 6.38. The first kappa shape index (κ1) is 13.3. The van der Waals surface area contributed by atoms with Crippen molar-refractivity contribution in [2.45, 2.75) is 30.2 Å². The van der Waals surface area contributed by atoms with Crippen molar-refractivity contribution >= 4 is 29.0 Å². The van der Waals surface area contributed by atoms with Crippen molar-refractivity contribution in [3.63, 3.8) is 0 Å². The molecule has 0 heterocycles. The molecule has 0 spiro atoms. The molecule has 3 rings (SSSR count). The van der Waals surface area contributed by atoms with Crippen molar-refractivity contribution in [3.8, 4) is 0 Å². The third-order valence-electron chi connectivity index (χ3n) is 3.49. The molecule has 0 unspecified atom stereocenters. The Morgan fingerprint density at radius 3 is 2.55 bits per heavy atom. The summed E-state index contributed by atoms with van der Waals surface area (Å²) in [4.78, 5) is 1.17. The molecule has 0 amide bonds. The van der Waals surface area contributed by atoms with Gasteiger partial charge in [0.15, 0.2) is 0 Å². The first-order valence-electron chi connectivity index (χ1n) is 6.80. The normalized spacial score (nSPS) is 15.8. The van der Waals surface area contributed by atoms with E-state index in [0.29, 0.717) is 5.54 Å². The van der Waals surface area contributed by atoms with E-state index < -0.39 is 0 Å². The van der Waals surface area contributed by atoms with E-state index in [0.717, 1.165) is 17.1 Å². The maximum Gasteiger partial charge on any atom is 0.0629 e. The van der Waals surface area contributed by atoms with E-state index in [1.54, 1.807) is 11.9 Å². The van der Waals surface area contributed by atoms with Crippen LogP contribution in [0.1, 0.15) is 19.8 Å². The van der Waals surface area contributed by atoms with Gasteiger partial charge in [-0.25, -0.2) is 0 Å². The lowest BCUT2D eigenvalue weighted by Crippen LogP contribution is -2.19. The zero-order chi connectivity index (χ0) is 14.0. The van der Waals surface area contributed by atoms with E-state index in [1.807, 2.05) is 36.4 Å². The van der Waals surface area contributed by atoms with Gasteiger partial charge < -0.3 is 11.1 Å². The Balaban J connectivity index is 1.72. The van der Waals surface area contributed by atoms with Gasteiger partial charge in [0.1, 0.15) is 0 Å². The van der Waals surface area contributed by atoms with Crippen molar-refractivity contribution in [2.24, 2.45) is 0 Å². The lowest BCUT2D eigenvalue weighted by Gasteiger charge is -2.13. The Morgan fingerprint density at radius 2 is 1.85 bits per heavy atom. The van der Waals surface area contributed by atoms with Gasteiger partial charge in [0.2, 0.25) is 0 Å². The first-order valence-corrected chi connectivity index (χ1v) is 7.62. The van der Waals surface area contributed by atoms with Gasteiger partial charge in [-0.05, 0) is 62.0 Å². The molecule has 104 valence electrons. The van der Waals surface area contributed by atoms with Crippen LogP contribution in [-0.2, 0) is 0 Å². The summed E-state index contributed by atoms with van der Waals surface area (Å²) >= 11 is 1.68. The molecule has 1 aliphatic rings. The predicted octanol–water partition coefficient (Wildman–Crippen LogP) is 4.16. The summed E-state index contributed by atoms with van der Waals surface area (Å²) < 4.78 is 3.51. The van der Waals surface area contributed by atoms with Gasteiger partial charge in [-0.2, -0.15) is 0 Å². The van der Waals surface area contributed by atoms with Crippen LogP contribution < -0.4 is 15.8 Å². The highest BCUT2D eigenvalue weighted by Crippen LogP contribution is 2.38. The van der Waals surface area contributed by atoms with E-state index in [9.17, 15) is 0 Å². The molecule has 3 nitrogen and oxygen atoms in total. The van der Waals surface area contributed by atoms with Gasteiger partial charge in [-0.15, -0.1) is 0 Å². The molecule has 20 heavy (non-hydrogen) atoms. The molecule has 4 heteroatoms. The van der Waals surface area contributed by atoms with Crippen molar-refractivity contribution in [1.29, 1.82) is 0 Å². The van der Waals surface area contributed by atoms with Crippen LogP contribution in [-0.4, -0.2) is 5.54 Å². The molecule has 2 aromatic carbocycles. The average molecular weight is 285 g/mol. The Bertz CT molecular complexity index is 594. The minimum atomic E-state index is 0.319. The number of hydrogen-bond donors (Lipinski definition) is 3. The minimum Gasteiger partial charge on any atom is -0.397 e. The monoisotopic (exact) mass is 285 g/mol. The van der Waals surface area contributed by atoms with Crippen molar-refractivity contribution < 1.29 is 0 Å². The number of anilines is 3. The Morgan fingerprint density at radius 1 is 1.10 bits per heavy atom. The van der Waals surface area contributed by atoms with Crippen molar-refractivity contribution in [1.82, 2.24) is 4.72 Å². The zero-order valence-corrected chi connectivity index (χ0v) is 12.3. The number of benzene rings is 2. The molecule has 0 bridgehead atoms. The number of hydrogen-bond acceptors (Lipinski definition) is 4. The maximum absolute atomic E-state index is 6.04. The minimum absolute atomic E-state index is 0.319. The molecule has 1 aliphatic carbocycles. The number of rotatable bonds is 5. The number of nitrogens with two attached hydrogens (primary N) is 1. The van der Waals surface area contributed by atoms with Gasteiger partial charge >= 0.3 is 0 Å². The summed E-state index contributed by atoms with van der Waals surface area (Å²) in [7, 11) is 0. The van der Waals surface area contributed by atoms with E-state index in [4.69, 9.17) is 5.73 Å². The Kier molecular flexibility index (Phi) is 3.59. The highest BCUT2D eigenvalue weighted by Gasteiger charge is 2.36. The molecular weight excluding hydrogens is 266 g/mol. The number of para-hydroxylation sites is 1. The zero-order valence-electron chi connectivity index (χ0n) is 11.5. The molecule has 0 aromatic heterocycles. The number of nitrogens with one attached hydrogen (secondary N) is 2. The maximum atomic E-state index is 6.04. The summed E-state index contributed by atoms with van der Waals surface area (Å²) in [6.07, 6.45) is 2.51. The fourth-order valence-electron chi connectivity index (χ4n) is 1.86. The quantitative estimate of drug-likeness (QED) is 0.570. The summed E-state index contributed by atoms with van der Waals surface area (Å²) in [6.45, 7) is 2.25. The summed E-state index contributed by atoms with van der Waals surface area (Å²) in [5.74, 6) is 0. The van der Waals surface area contributed by atoms with Crippen molar-refractivity contribution in [2.75, 3.05) is 11.1 Å². The Hall–Kier alpha value is -1.65. The summed E-state index contributed by atoms with van der Waals surface area (Å²) in [5, 5.41) is 3.36. The van der Waals surface area contributed by atoms with Crippen LogP contribution in [0.15, 0.2) is 53.4 Å². The molecule has 0 aliphatic heterocycles. The van der Waals surface area contributed by atoms with E-state index >= 15 is 0 Å². The lowest BCUT2D eigenvalue weighted by molar-refractivity contribution is 0.701. The third-order valence-corrected chi connectivity index (χ3v) is 4.58. The highest BCUT2D eigenvalue weighted by molar-refractivity contribution is 7.97. The van der Waals surface area contributed by atoms with Crippen LogP contribution in [0.5, 0.6) is 0 Å².